The third kappa shape index (κ3) is 2.95. The van der Waals surface area contributed by atoms with Gasteiger partial charge in [0.05, 0.1) is 19.8 Å². The van der Waals surface area contributed by atoms with E-state index >= 15 is 0 Å². The fourth-order valence-corrected chi connectivity index (χ4v) is 1.34. The highest BCUT2D eigenvalue weighted by Gasteiger charge is 2.12. The number of benzene rings is 1. The molecular formula is C12H18O4. The minimum absolute atomic E-state index is 0.0205. The fraction of sp³-hybridized carbons (Fsp3) is 0.500. The Bertz CT molecular complexity index is 309. The number of phenolic OH excluding ortho intramolecular Hbond substituents is 1. The molecular weight excluding hydrogens is 208 g/mol. The van der Waals surface area contributed by atoms with Gasteiger partial charge in [0.2, 0.25) is 5.75 Å². The highest BCUT2D eigenvalue weighted by molar-refractivity contribution is 5.54. The molecule has 16 heavy (non-hydrogen) atoms. The first-order chi connectivity index (χ1) is 7.72. The van der Waals surface area contributed by atoms with Crippen LogP contribution in [0.15, 0.2) is 12.1 Å². The van der Waals surface area contributed by atoms with Crippen molar-refractivity contribution in [2.75, 3.05) is 19.8 Å². The molecule has 1 rings (SSSR count). The standard InChI is InChI=1S/C12H18O4/c1-4-14-9-7-10(15-5-2)12(13)11(8-9)16-6-3/h7-8,13H,4-6H2,1-3H3. The van der Waals surface area contributed by atoms with Gasteiger partial charge in [-0.15, -0.1) is 0 Å². The molecule has 0 bridgehead atoms. The highest BCUT2D eigenvalue weighted by Crippen LogP contribution is 2.40. The van der Waals surface area contributed by atoms with E-state index in [2.05, 4.69) is 0 Å². The number of rotatable bonds is 6. The summed E-state index contributed by atoms with van der Waals surface area (Å²) in [7, 11) is 0. The second-order valence-corrected chi connectivity index (χ2v) is 3.07. The molecule has 0 saturated heterocycles. The third-order valence-electron chi connectivity index (χ3n) is 1.92. The fourth-order valence-electron chi connectivity index (χ4n) is 1.34. The molecule has 0 unspecified atom stereocenters. The van der Waals surface area contributed by atoms with Crippen LogP contribution in [-0.2, 0) is 0 Å². The molecule has 0 heterocycles. The van der Waals surface area contributed by atoms with E-state index in [-0.39, 0.29) is 5.75 Å². The number of hydrogen-bond acceptors (Lipinski definition) is 4. The van der Waals surface area contributed by atoms with Crippen molar-refractivity contribution in [3.05, 3.63) is 12.1 Å². The smallest absolute Gasteiger partial charge is 0.201 e. The lowest BCUT2D eigenvalue weighted by molar-refractivity contribution is 0.280. The molecule has 1 aromatic carbocycles. The maximum atomic E-state index is 9.84. The van der Waals surface area contributed by atoms with Gasteiger partial charge in [-0.2, -0.15) is 0 Å². The summed E-state index contributed by atoms with van der Waals surface area (Å²) in [6.45, 7) is 7.12. The average Bonchev–Trinajstić information content (AvgIpc) is 2.26. The Labute approximate surface area is 95.8 Å². The molecule has 4 heteroatoms. The summed E-state index contributed by atoms with van der Waals surface area (Å²) in [6, 6.07) is 3.32. The van der Waals surface area contributed by atoms with E-state index in [1.165, 1.54) is 0 Å². The molecule has 0 aromatic heterocycles. The molecule has 90 valence electrons. The lowest BCUT2D eigenvalue weighted by Crippen LogP contribution is -1.99. The lowest BCUT2D eigenvalue weighted by Gasteiger charge is -2.13. The molecule has 0 aliphatic carbocycles. The van der Waals surface area contributed by atoms with Crippen LogP contribution in [0.1, 0.15) is 20.8 Å². The summed E-state index contributed by atoms with van der Waals surface area (Å²) in [6.07, 6.45) is 0. The summed E-state index contributed by atoms with van der Waals surface area (Å²) in [5, 5.41) is 9.84. The van der Waals surface area contributed by atoms with E-state index in [0.29, 0.717) is 37.1 Å². The van der Waals surface area contributed by atoms with Gasteiger partial charge in [-0.1, -0.05) is 0 Å². The van der Waals surface area contributed by atoms with E-state index < -0.39 is 0 Å². The molecule has 4 nitrogen and oxygen atoms in total. The molecule has 0 amide bonds. The predicted molar refractivity (Wildman–Crippen MR) is 61.6 cm³/mol. The van der Waals surface area contributed by atoms with Crippen LogP contribution in [0.25, 0.3) is 0 Å². The highest BCUT2D eigenvalue weighted by atomic mass is 16.5. The van der Waals surface area contributed by atoms with E-state index in [1.807, 2.05) is 20.8 Å². The second kappa shape index (κ2) is 6.10. The van der Waals surface area contributed by atoms with Gasteiger partial charge in [-0.25, -0.2) is 0 Å². The van der Waals surface area contributed by atoms with Gasteiger partial charge in [0.15, 0.2) is 11.5 Å². The zero-order valence-electron chi connectivity index (χ0n) is 9.95. The first kappa shape index (κ1) is 12.5. The van der Waals surface area contributed by atoms with Crippen LogP contribution in [0.2, 0.25) is 0 Å². The first-order valence-electron chi connectivity index (χ1n) is 5.48. The molecule has 0 aliphatic rings. The Morgan fingerprint density at radius 1 is 0.875 bits per heavy atom. The quantitative estimate of drug-likeness (QED) is 0.810. The van der Waals surface area contributed by atoms with Gasteiger partial charge in [0.1, 0.15) is 5.75 Å². The molecule has 0 fully saturated rings. The maximum absolute atomic E-state index is 9.84. The van der Waals surface area contributed by atoms with Crippen molar-refractivity contribution in [2.45, 2.75) is 20.8 Å². The van der Waals surface area contributed by atoms with Gasteiger partial charge < -0.3 is 19.3 Å². The molecule has 0 saturated carbocycles. The molecule has 1 N–H and O–H groups in total. The van der Waals surface area contributed by atoms with E-state index in [4.69, 9.17) is 14.2 Å². The molecule has 0 radical (unpaired) electrons. The zero-order valence-corrected chi connectivity index (χ0v) is 9.95. The normalized spacial score (nSPS) is 9.94. The second-order valence-electron chi connectivity index (χ2n) is 3.07. The third-order valence-corrected chi connectivity index (χ3v) is 1.92. The molecule has 0 aliphatic heterocycles. The minimum atomic E-state index is 0.0205. The summed E-state index contributed by atoms with van der Waals surface area (Å²) in [5.41, 5.74) is 0. The van der Waals surface area contributed by atoms with Crippen LogP contribution in [-0.4, -0.2) is 24.9 Å². The maximum Gasteiger partial charge on any atom is 0.201 e. The predicted octanol–water partition coefficient (Wildman–Crippen LogP) is 2.59. The number of hydrogen-bond donors (Lipinski definition) is 1. The van der Waals surface area contributed by atoms with Gasteiger partial charge in [-0.3, -0.25) is 0 Å². The summed E-state index contributed by atoms with van der Waals surface area (Å²) in [4.78, 5) is 0. The minimum Gasteiger partial charge on any atom is -0.502 e. The van der Waals surface area contributed by atoms with Gasteiger partial charge in [0, 0.05) is 12.1 Å². The first-order valence-corrected chi connectivity index (χ1v) is 5.48. The summed E-state index contributed by atoms with van der Waals surface area (Å²) in [5.74, 6) is 1.42. The zero-order chi connectivity index (χ0) is 12.0. The van der Waals surface area contributed by atoms with Crippen molar-refractivity contribution >= 4 is 0 Å². The van der Waals surface area contributed by atoms with Crippen molar-refractivity contribution in [2.24, 2.45) is 0 Å². The Morgan fingerprint density at radius 3 is 1.69 bits per heavy atom. The van der Waals surface area contributed by atoms with Gasteiger partial charge in [-0.05, 0) is 20.8 Å². The Hall–Kier alpha value is -1.58. The average molecular weight is 226 g/mol. The van der Waals surface area contributed by atoms with Crippen molar-refractivity contribution in [1.82, 2.24) is 0 Å². The van der Waals surface area contributed by atoms with E-state index in [1.54, 1.807) is 12.1 Å². The molecule has 0 atom stereocenters. The number of ether oxygens (including phenoxy) is 3. The van der Waals surface area contributed by atoms with Gasteiger partial charge >= 0.3 is 0 Å². The van der Waals surface area contributed by atoms with Crippen molar-refractivity contribution in [3.8, 4) is 23.0 Å². The van der Waals surface area contributed by atoms with Crippen molar-refractivity contribution in [3.63, 3.8) is 0 Å². The van der Waals surface area contributed by atoms with Crippen LogP contribution in [0.4, 0.5) is 0 Å². The summed E-state index contributed by atoms with van der Waals surface area (Å²) < 4.78 is 16.0. The van der Waals surface area contributed by atoms with Crippen LogP contribution in [0.3, 0.4) is 0 Å². The topological polar surface area (TPSA) is 47.9 Å². The largest absolute Gasteiger partial charge is 0.502 e. The molecule has 1 aromatic rings. The number of aromatic hydroxyl groups is 1. The van der Waals surface area contributed by atoms with Crippen LogP contribution in [0, 0.1) is 0 Å². The van der Waals surface area contributed by atoms with Crippen LogP contribution >= 0.6 is 0 Å². The Kier molecular flexibility index (Phi) is 4.76. The monoisotopic (exact) mass is 226 g/mol. The van der Waals surface area contributed by atoms with Crippen LogP contribution < -0.4 is 14.2 Å². The Morgan fingerprint density at radius 2 is 1.31 bits per heavy atom. The lowest BCUT2D eigenvalue weighted by atomic mass is 10.2. The SMILES string of the molecule is CCOc1cc(OCC)c(O)c(OCC)c1. The summed E-state index contributed by atoms with van der Waals surface area (Å²) >= 11 is 0. The number of phenols is 1. The van der Waals surface area contributed by atoms with Crippen molar-refractivity contribution in [1.29, 1.82) is 0 Å². The van der Waals surface area contributed by atoms with Crippen LogP contribution in [0.5, 0.6) is 23.0 Å². The Balaban J connectivity index is 3.05. The van der Waals surface area contributed by atoms with Gasteiger partial charge in [0.25, 0.3) is 0 Å². The van der Waals surface area contributed by atoms with E-state index in [9.17, 15) is 5.11 Å². The molecule has 0 spiro atoms. The van der Waals surface area contributed by atoms with E-state index in [0.717, 1.165) is 0 Å². The van der Waals surface area contributed by atoms with Crippen molar-refractivity contribution < 1.29 is 19.3 Å².